The maximum absolute atomic E-state index is 2.30. The number of hydrogen-bond donors (Lipinski definition) is 0. The van der Waals surface area contributed by atoms with Crippen LogP contribution in [0.4, 0.5) is 0 Å². The van der Waals surface area contributed by atoms with E-state index in [0.29, 0.717) is 0 Å². The number of rotatable bonds is 3. The van der Waals surface area contributed by atoms with E-state index >= 15 is 0 Å². The van der Waals surface area contributed by atoms with Crippen molar-refractivity contribution in [2.24, 2.45) is 0 Å². The first kappa shape index (κ1) is 11.3. The van der Waals surface area contributed by atoms with Gasteiger partial charge in [0.25, 0.3) is 0 Å². The molecule has 1 heteroatoms. The van der Waals surface area contributed by atoms with Crippen molar-refractivity contribution in [3.8, 4) is 0 Å². The molecule has 0 atom stereocenters. The Bertz CT molecular complexity index is 300. The third-order valence-corrected chi connectivity index (χ3v) is 2.59. The molecule has 0 aliphatic carbocycles. The lowest BCUT2D eigenvalue weighted by Crippen LogP contribution is -2.32. The average molecular weight is 191 g/mol. The van der Waals surface area contributed by atoms with Crippen LogP contribution in [-0.4, -0.2) is 25.5 Å². The van der Waals surface area contributed by atoms with Gasteiger partial charge in [0.15, 0.2) is 0 Å². The smallest absolute Gasteiger partial charge is 0.00673 e. The predicted octanol–water partition coefficient (Wildman–Crippen LogP) is 2.83. The molecule has 0 spiro atoms. The molecular weight excluding hydrogens is 170 g/mol. The van der Waals surface area contributed by atoms with Gasteiger partial charge in [-0.05, 0) is 32.1 Å². The van der Waals surface area contributed by atoms with E-state index in [4.69, 9.17) is 0 Å². The summed E-state index contributed by atoms with van der Waals surface area (Å²) >= 11 is 0. The van der Waals surface area contributed by atoms with Gasteiger partial charge >= 0.3 is 0 Å². The van der Waals surface area contributed by atoms with Gasteiger partial charge in [-0.3, -0.25) is 0 Å². The first-order valence-electron chi connectivity index (χ1n) is 5.14. The fourth-order valence-corrected chi connectivity index (χ4v) is 2.21. The van der Waals surface area contributed by atoms with Crippen LogP contribution in [0.5, 0.6) is 0 Å². The highest BCUT2D eigenvalue weighted by Gasteiger charge is 2.22. The van der Waals surface area contributed by atoms with E-state index in [0.717, 1.165) is 6.54 Å². The number of benzene rings is 1. The lowest BCUT2D eigenvalue weighted by Gasteiger charge is -2.30. The Labute approximate surface area is 87.7 Å². The standard InChI is InChI=1S/C13H21N/c1-11-8-6-7-9-12(11)13(2,3)10-14(4)5/h6-9H,10H2,1-5H3. The largest absolute Gasteiger partial charge is 0.309 e. The van der Waals surface area contributed by atoms with Crippen LogP contribution in [0.3, 0.4) is 0 Å². The van der Waals surface area contributed by atoms with Crippen molar-refractivity contribution in [1.29, 1.82) is 0 Å². The minimum atomic E-state index is 0.231. The molecule has 0 aliphatic heterocycles. The van der Waals surface area contributed by atoms with Gasteiger partial charge in [-0.2, -0.15) is 0 Å². The zero-order valence-corrected chi connectivity index (χ0v) is 9.96. The first-order chi connectivity index (χ1) is 6.43. The Morgan fingerprint density at radius 3 is 2.21 bits per heavy atom. The Hall–Kier alpha value is -0.820. The van der Waals surface area contributed by atoms with Gasteiger partial charge in [0.1, 0.15) is 0 Å². The molecule has 0 radical (unpaired) electrons. The number of aryl methyl sites for hydroxylation is 1. The molecule has 0 unspecified atom stereocenters. The average Bonchev–Trinajstić information content (AvgIpc) is 2.02. The van der Waals surface area contributed by atoms with Crippen LogP contribution in [0.2, 0.25) is 0 Å². The van der Waals surface area contributed by atoms with E-state index in [-0.39, 0.29) is 5.41 Å². The van der Waals surface area contributed by atoms with Crippen LogP contribution < -0.4 is 0 Å². The lowest BCUT2D eigenvalue weighted by atomic mass is 9.82. The third-order valence-electron chi connectivity index (χ3n) is 2.59. The van der Waals surface area contributed by atoms with Crippen molar-refractivity contribution in [3.05, 3.63) is 35.4 Å². The zero-order valence-electron chi connectivity index (χ0n) is 9.96. The molecule has 0 N–H and O–H groups in total. The first-order valence-corrected chi connectivity index (χ1v) is 5.14. The topological polar surface area (TPSA) is 3.24 Å². The third kappa shape index (κ3) is 2.58. The second kappa shape index (κ2) is 4.14. The highest BCUT2D eigenvalue weighted by Crippen LogP contribution is 2.26. The second-order valence-corrected chi connectivity index (χ2v) is 4.94. The SMILES string of the molecule is Cc1ccccc1C(C)(C)CN(C)C. The second-order valence-electron chi connectivity index (χ2n) is 4.94. The maximum Gasteiger partial charge on any atom is 0.00673 e. The van der Waals surface area contributed by atoms with Crippen LogP contribution in [0, 0.1) is 6.92 Å². The summed E-state index contributed by atoms with van der Waals surface area (Å²) in [5, 5.41) is 0. The predicted molar refractivity (Wildman–Crippen MR) is 62.8 cm³/mol. The summed E-state index contributed by atoms with van der Waals surface area (Å²) in [4.78, 5) is 2.24. The summed E-state index contributed by atoms with van der Waals surface area (Å²) in [5.74, 6) is 0. The van der Waals surface area contributed by atoms with Crippen molar-refractivity contribution in [3.63, 3.8) is 0 Å². The Balaban J connectivity index is 2.97. The molecule has 1 rings (SSSR count). The van der Waals surface area contributed by atoms with Gasteiger partial charge in [-0.1, -0.05) is 38.1 Å². The van der Waals surface area contributed by atoms with E-state index in [1.807, 2.05) is 0 Å². The summed E-state index contributed by atoms with van der Waals surface area (Å²) in [6.07, 6.45) is 0. The van der Waals surface area contributed by atoms with E-state index in [1.165, 1.54) is 11.1 Å². The van der Waals surface area contributed by atoms with Crippen molar-refractivity contribution < 1.29 is 0 Å². The summed E-state index contributed by atoms with van der Waals surface area (Å²) in [7, 11) is 4.25. The summed E-state index contributed by atoms with van der Waals surface area (Å²) in [6.45, 7) is 7.87. The van der Waals surface area contributed by atoms with Gasteiger partial charge < -0.3 is 4.90 Å². The molecule has 78 valence electrons. The Morgan fingerprint density at radius 1 is 1.14 bits per heavy atom. The highest BCUT2D eigenvalue weighted by atomic mass is 15.1. The van der Waals surface area contributed by atoms with Gasteiger partial charge in [0, 0.05) is 12.0 Å². The molecule has 0 aromatic heterocycles. The minimum absolute atomic E-state index is 0.231. The number of likely N-dealkylation sites (N-methyl/N-ethyl adjacent to an activating group) is 1. The van der Waals surface area contributed by atoms with Crippen molar-refractivity contribution >= 4 is 0 Å². The normalized spacial score (nSPS) is 12.1. The van der Waals surface area contributed by atoms with E-state index < -0.39 is 0 Å². The fraction of sp³-hybridized carbons (Fsp3) is 0.538. The molecule has 1 aromatic rings. The quantitative estimate of drug-likeness (QED) is 0.710. The van der Waals surface area contributed by atoms with Crippen LogP contribution in [-0.2, 0) is 5.41 Å². The van der Waals surface area contributed by atoms with Gasteiger partial charge in [0.2, 0.25) is 0 Å². The molecule has 0 heterocycles. The fourth-order valence-electron chi connectivity index (χ4n) is 2.21. The summed E-state index contributed by atoms with van der Waals surface area (Å²) in [6, 6.07) is 8.65. The Morgan fingerprint density at radius 2 is 1.71 bits per heavy atom. The van der Waals surface area contributed by atoms with Crippen molar-refractivity contribution in [1.82, 2.24) is 4.90 Å². The Kier molecular flexibility index (Phi) is 3.33. The summed E-state index contributed by atoms with van der Waals surface area (Å²) < 4.78 is 0. The highest BCUT2D eigenvalue weighted by molar-refractivity contribution is 5.32. The van der Waals surface area contributed by atoms with Crippen LogP contribution in [0.1, 0.15) is 25.0 Å². The molecule has 0 fully saturated rings. The van der Waals surface area contributed by atoms with Crippen LogP contribution in [0.25, 0.3) is 0 Å². The molecule has 0 bridgehead atoms. The monoisotopic (exact) mass is 191 g/mol. The van der Waals surface area contributed by atoms with Crippen molar-refractivity contribution in [2.75, 3.05) is 20.6 Å². The molecule has 0 aliphatic rings. The molecule has 0 amide bonds. The van der Waals surface area contributed by atoms with E-state index in [2.05, 4.69) is 64.0 Å². The lowest BCUT2D eigenvalue weighted by molar-refractivity contribution is 0.314. The number of nitrogens with zero attached hydrogens (tertiary/aromatic N) is 1. The molecule has 0 saturated heterocycles. The molecule has 1 aromatic carbocycles. The van der Waals surface area contributed by atoms with Gasteiger partial charge in [-0.15, -0.1) is 0 Å². The van der Waals surface area contributed by atoms with Crippen LogP contribution >= 0.6 is 0 Å². The van der Waals surface area contributed by atoms with E-state index in [9.17, 15) is 0 Å². The van der Waals surface area contributed by atoms with Crippen LogP contribution in [0.15, 0.2) is 24.3 Å². The van der Waals surface area contributed by atoms with Crippen molar-refractivity contribution in [2.45, 2.75) is 26.2 Å². The number of hydrogen-bond acceptors (Lipinski definition) is 1. The van der Waals surface area contributed by atoms with Gasteiger partial charge in [-0.25, -0.2) is 0 Å². The van der Waals surface area contributed by atoms with Gasteiger partial charge in [0.05, 0.1) is 0 Å². The minimum Gasteiger partial charge on any atom is -0.309 e. The maximum atomic E-state index is 2.30. The zero-order chi connectivity index (χ0) is 10.8. The summed E-state index contributed by atoms with van der Waals surface area (Å²) in [5.41, 5.74) is 3.07. The molecule has 0 saturated carbocycles. The molecule has 1 nitrogen and oxygen atoms in total. The molecule has 14 heavy (non-hydrogen) atoms. The molecular formula is C13H21N. The van der Waals surface area contributed by atoms with E-state index in [1.54, 1.807) is 0 Å².